The predicted molar refractivity (Wildman–Crippen MR) is 54.2 cm³/mol. The van der Waals surface area contributed by atoms with Crippen LogP contribution >= 0.6 is 0 Å². The topological polar surface area (TPSA) is 71.9 Å². The molecule has 1 N–H and O–H groups in total. The zero-order chi connectivity index (χ0) is 11.0. The van der Waals surface area contributed by atoms with E-state index in [1.165, 1.54) is 17.7 Å². The lowest BCUT2D eigenvalue weighted by molar-refractivity contribution is 0.101. The number of hydrogen-bond acceptors (Lipinski definition) is 3. The van der Waals surface area contributed by atoms with E-state index in [1.54, 1.807) is 0 Å². The van der Waals surface area contributed by atoms with Gasteiger partial charge in [-0.25, -0.2) is 4.79 Å². The zero-order valence-corrected chi connectivity index (χ0v) is 8.45. The highest BCUT2D eigenvalue weighted by molar-refractivity contribution is 5.93. The number of rotatable bonds is 2. The average Bonchev–Trinajstić information content (AvgIpc) is 2.08. The van der Waals surface area contributed by atoms with E-state index in [0.717, 1.165) is 19.3 Å². The predicted octanol–water partition coefficient (Wildman–Crippen LogP) is 0.464. The van der Waals surface area contributed by atoms with Crippen LogP contribution in [0.1, 0.15) is 42.6 Å². The third kappa shape index (κ3) is 1.54. The van der Waals surface area contributed by atoms with Crippen LogP contribution in [0.2, 0.25) is 0 Å². The minimum absolute atomic E-state index is 0.0273. The molecule has 0 atom stereocenters. The molecular formula is C10H12N2O3. The van der Waals surface area contributed by atoms with E-state index in [-0.39, 0.29) is 17.4 Å². The van der Waals surface area contributed by atoms with E-state index in [4.69, 9.17) is 0 Å². The van der Waals surface area contributed by atoms with Crippen molar-refractivity contribution in [2.75, 3.05) is 0 Å². The number of nitrogens with zero attached hydrogens (tertiary/aromatic N) is 1. The molecule has 0 bridgehead atoms. The van der Waals surface area contributed by atoms with Crippen molar-refractivity contribution in [3.63, 3.8) is 0 Å². The normalized spacial score (nSPS) is 16.1. The molecule has 0 saturated heterocycles. The number of ketones is 1. The van der Waals surface area contributed by atoms with Gasteiger partial charge in [0.25, 0.3) is 5.56 Å². The monoisotopic (exact) mass is 208 g/mol. The number of aromatic amines is 1. The van der Waals surface area contributed by atoms with Gasteiger partial charge in [-0.05, 0) is 26.2 Å². The van der Waals surface area contributed by atoms with Gasteiger partial charge in [-0.1, -0.05) is 0 Å². The Balaban J connectivity index is 2.61. The highest BCUT2D eigenvalue weighted by Gasteiger charge is 2.24. The largest absolute Gasteiger partial charge is 0.328 e. The summed E-state index contributed by atoms with van der Waals surface area (Å²) >= 11 is 0. The second-order valence-corrected chi connectivity index (χ2v) is 3.82. The van der Waals surface area contributed by atoms with Gasteiger partial charge in [-0.3, -0.25) is 14.2 Å². The summed E-state index contributed by atoms with van der Waals surface area (Å²) in [5, 5.41) is 0. The summed E-state index contributed by atoms with van der Waals surface area (Å²) in [4.78, 5) is 36.8. The summed E-state index contributed by atoms with van der Waals surface area (Å²) in [7, 11) is 0. The van der Waals surface area contributed by atoms with Crippen LogP contribution in [0.3, 0.4) is 0 Å². The lowest BCUT2D eigenvalue weighted by atomic mass is 9.93. The molecule has 0 aromatic carbocycles. The number of carbonyl (C=O) groups excluding carboxylic acids is 1. The standard InChI is InChI=1S/C10H12N2O3/c1-6(13)8-5-11-10(15)12(9(8)14)7-3-2-4-7/h5,7H,2-4H2,1H3,(H,11,15). The zero-order valence-electron chi connectivity index (χ0n) is 8.45. The molecule has 0 spiro atoms. The molecule has 2 rings (SSSR count). The van der Waals surface area contributed by atoms with Crippen LogP contribution in [0, 0.1) is 0 Å². The van der Waals surface area contributed by atoms with Gasteiger partial charge in [-0.15, -0.1) is 0 Å². The van der Waals surface area contributed by atoms with Crippen LogP contribution in [0.25, 0.3) is 0 Å². The second kappa shape index (κ2) is 3.49. The molecule has 1 fully saturated rings. The molecule has 1 aliphatic rings. The summed E-state index contributed by atoms with van der Waals surface area (Å²) in [6.45, 7) is 1.32. The SMILES string of the molecule is CC(=O)c1c[nH]c(=O)n(C2CCC2)c1=O. The number of aromatic nitrogens is 2. The first-order chi connectivity index (χ1) is 7.11. The minimum Gasteiger partial charge on any atom is -0.313 e. The number of H-pyrrole nitrogens is 1. The Hall–Kier alpha value is -1.65. The Bertz CT molecular complexity index is 508. The summed E-state index contributed by atoms with van der Waals surface area (Å²) in [5.41, 5.74) is -0.827. The Morgan fingerprint density at radius 2 is 2.13 bits per heavy atom. The number of hydrogen-bond donors (Lipinski definition) is 1. The maximum Gasteiger partial charge on any atom is 0.328 e. The maximum absolute atomic E-state index is 11.8. The minimum atomic E-state index is -0.462. The lowest BCUT2D eigenvalue weighted by Gasteiger charge is -2.26. The fourth-order valence-corrected chi connectivity index (χ4v) is 1.72. The average molecular weight is 208 g/mol. The van der Waals surface area contributed by atoms with Crippen LogP contribution < -0.4 is 11.2 Å². The first kappa shape index (κ1) is 9.89. The van der Waals surface area contributed by atoms with Crippen molar-refractivity contribution >= 4 is 5.78 Å². The van der Waals surface area contributed by atoms with Gasteiger partial charge in [0.2, 0.25) is 0 Å². The molecule has 1 aromatic rings. The van der Waals surface area contributed by atoms with Gasteiger partial charge >= 0.3 is 5.69 Å². The van der Waals surface area contributed by atoms with E-state index in [9.17, 15) is 14.4 Å². The third-order valence-electron chi connectivity index (χ3n) is 2.83. The first-order valence-electron chi connectivity index (χ1n) is 4.96. The van der Waals surface area contributed by atoms with E-state index >= 15 is 0 Å². The molecule has 0 radical (unpaired) electrons. The fraction of sp³-hybridized carbons (Fsp3) is 0.500. The molecule has 0 amide bonds. The van der Waals surface area contributed by atoms with Gasteiger partial charge in [0.05, 0.1) is 5.56 Å². The highest BCUT2D eigenvalue weighted by atomic mass is 16.2. The number of carbonyl (C=O) groups is 1. The van der Waals surface area contributed by atoms with Crippen molar-refractivity contribution < 1.29 is 4.79 Å². The van der Waals surface area contributed by atoms with E-state index in [2.05, 4.69) is 4.98 Å². The van der Waals surface area contributed by atoms with Gasteiger partial charge in [0.15, 0.2) is 5.78 Å². The molecule has 5 nitrogen and oxygen atoms in total. The van der Waals surface area contributed by atoms with Crippen molar-refractivity contribution in [3.05, 3.63) is 32.6 Å². The van der Waals surface area contributed by atoms with Crippen molar-refractivity contribution in [1.82, 2.24) is 9.55 Å². The van der Waals surface area contributed by atoms with Crippen LogP contribution in [-0.4, -0.2) is 15.3 Å². The van der Waals surface area contributed by atoms with E-state index in [0.29, 0.717) is 0 Å². The van der Waals surface area contributed by atoms with E-state index in [1.807, 2.05) is 0 Å². The van der Waals surface area contributed by atoms with Gasteiger partial charge < -0.3 is 4.98 Å². The van der Waals surface area contributed by atoms with Crippen molar-refractivity contribution in [3.8, 4) is 0 Å². The summed E-state index contributed by atoms with van der Waals surface area (Å²) < 4.78 is 1.17. The first-order valence-corrected chi connectivity index (χ1v) is 4.96. The molecular weight excluding hydrogens is 196 g/mol. The van der Waals surface area contributed by atoms with Crippen LogP contribution in [0.4, 0.5) is 0 Å². The van der Waals surface area contributed by atoms with Gasteiger partial charge in [0.1, 0.15) is 0 Å². The Labute approximate surface area is 85.7 Å². The van der Waals surface area contributed by atoms with Crippen molar-refractivity contribution in [2.24, 2.45) is 0 Å². The van der Waals surface area contributed by atoms with Crippen molar-refractivity contribution in [1.29, 1.82) is 0 Å². The lowest BCUT2D eigenvalue weighted by Crippen LogP contribution is -2.42. The molecule has 80 valence electrons. The molecule has 1 aliphatic carbocycles. The molecule has 0 unspecified atom stereocenters. The van der Waals surface area contributed by atoms with E-state index < -0.39 is 11.2 Å². The number of Topliss-reactive ketones (excluding diaryl/α,β-unsaturated/α-hetero) is 1. The Morgan fingerprint density at radius 1 is 1.47 bits per heavy atom. The maximum atomic E-state index is 11.8. The van der Waals surface area contributed by atoms with Gasteiger partial charge in [-0.2, -0.15) is 0 Å². The second-order valence-electron chi connectivity index (χ2n) is 3.82. The fourth-order valence-electron chi connectivity index (χ4n) is 1.72. The highest BCUT2D eigenvalue weighted by Crippen LogP contribution is 2.28. The van der Waals surface area contributed by atoms with Crippen LogP contribution in [0.5, 0.6) is 0 Å². The molecule has 1 heterocycles. The molecule has 0 aliphatic heterocycles. The summed E-state index contributed by atoms with van der Waals surface area (Å²) in [5.74, 6) is -0.315. The Morgan fingerprint density at radius 3 is 2.60 bits per heavy atom. The van der Waals surface area contributed by atoms with Crippen molar-refractivity contribution in [2.45, 2.75) is 32.2 Å². The molecule has 15 heavy (non-hydrogen) atoms. The molecule has 5 heteroatoms. The smallest absolute Gasteiger partial charge is 0.313 e. The van der Waals surface area contributed by atoms with Crippen LogP contribution in [0.15, 0.2) is 15.8 Å². The quantitative estimate of drug-likeness (QED) is 0.718. The number of nitrogens with one attached hydrogen (secondary N) is 1. The third-order valence-corrected chi connectivity index (χ3v) is 2.83. The Kier molecular flexibility index (Phi) is 2.30. The van der Waals surface area contributed by atoms with Crippen LogP contribution in [-0.2, 0) is 0 Å². The molecule has 1 saturated carbocycles. The van der Waals surface area contributed by atoms with Gasteiger partial charge in [0, 0.05) is 12.2 Å². The molecule has 1 aromatic heterocycles. The summed E-state index contributed by atoms with van der Waals surface area (Å²) in [6, 6.07) is -0.0273. The summed E-state index contributed by atoms with van der Waals surface area (Å²) in [6.07, 6.45) is 3.90.